The molecule has 5 aromatic rings. The molecule has 0 saturated carbocycles. The van der Waals surface area contributed by atoms with Crippen molar-refractivity contribution in [3.05, 3.63) is 155 Å². The molecule has 0 fully saturated rings. The van der Waals surface area contributed by atoms with Gasteiger partial charge in [0.1, 0.15) is 0 Å². The van der Waals surface area contributed by atoms with E-state index in [2.05, 4.69) is 80.5 Å². The number of rotatable bonds is 6. The third-order valence-electron chi connectivity index (χ3n) is 5.84. The maximum atomic E-state index is 5.06. The molecule has 5 nitrogen and oxygen atoms in total. The smallest absolute Gasteiger partial charge is 0.151 e. The molecule has 0 bridgehead atoms. The fourth-order valence-corrected chi connectivity index (χ4v) is 5.14. The molecular formula is C31H22IrN5S-. The molecule has 38 heavy (non-hydrogen) atoms. The maximum Gasteiger partial charge on any atom is 0.151 e. The molecule has 0 atom stereocenters. The summed E-state index contributed by atoms with van der Waals surface area (Å²) in [5.74, 6) is 0.615. The van der Waals surface area contributed by atoms with Crippen LogP contribution in [0.1, 0.15) is 11.4 Å². The van der Waals surface area contributed by atoms with Gasteiger partial charge in [0.15, 0.2) is 5.82 Å². The van der Waals surface area contributed by atoms with E-state index < -0.39 is 0 Å². The van der Waals surface area contributed by atoms with E-state index in [4.69, 9.17) is 5.32 Å². The minimum Gasteiger partial charge on any atom is -0.649 e. The Kier molecular flexibility index (Phi) is 8.09. The van der Waals surface area contributed by atoms with Crippen LogP contribution >= 0.6 is 11.8 Å². The van der Waals surface area contributed by atoms with Crippen LogP contribution in [0.3, 0.4) is 0 Å². The van der Waals surface area contributed by atoms with Gasteiger partial charge in [0.25, 0.3) is 0 Å². The molecule has 1 aliphatic heterocycles. The molecule has 0 spiro atoms. The van der Waals surface area contributed by atoms with Gasteiger partial charge in [0, 0.05) is 61.8 Å². The van der Waals surface area contributed by atoms with Crippen LogP contribution in [0.5, 0.6) is 0 Å². The minimum absolute atomic E-state index is 0. The first-order valence-electron chi connectivity index (χ1n) is 11.9. The topological polar surface area (TPSA) is 56.0 Å². The van der Waals surface area contributed by atoms with Gasteiger partial charge in [-0.3, -0.25) is 4.98 Å². The van der Waals surface area contributed by atoms with Gasteiger partial charge in [0.2, 0.25) is 0 Å². The Bertz CT molecular complexity index is 1500. The van der Waals surface area contributed by atoms with Crippen LogP contribution in [0, 0.1) is 0 Å². The molecule has 2 aromatic heterocycles. The molecular weight excluding hydrogens is 667 g/mol. The standard InChI is InChI=1S/C31H22N5S.Ir/c1-4-10-24(11-5-1)30-31(36(26-12-6-2-7-13-26)27-14-8-3-9-15-27)37-29(35-30)20-28-33-21-25(22-34-28)23-16-18-32-19-17-23;/h1-22H;/q-1;. The molecule has 3 aromatic carbocycles. The summed E-state index contributed by atoms with van der Waals surface area (Å²) in [7, 11) is 0. The van der Waals surface area contributed by atoms with Crippen molar-refractivity contribution in [2.75, 3.05) is 4.90 Å². The van der Waals surface area contributed by atoms with E-state index in [0.29, 0.717) is 5.82 Å². The number of hydrogen-bond acceptors (Lipinski definition) is 5. The summed E-state index contributed by atoms with van der Waals surface area (Å²) < 4.78 is 0. The van der Waals surface area contributed by atoms with Crippen molar-refractivity contribution in [1.29, 1.82) is 0 Å². The number of para-hydroxylation sites is 2. The van der Waals surface area contributed by atoms with Gasteiger partial charge in [-0.2, -0.15) is 0 Å². The average molecular weight is 689 g/mol. The minimum atomic E-state index is 0. The van der Waals surface area contributed by atoms with Gasteiger partial charge in [-0.15, -0.1) is 0 Å². The summed E-state index contributed by atoms with van der Waals surface area (Å²) in [4.78, 5) is 15.5. The average Bonchev–Trinajstić information content (AvgIpc) is 3.39. The predicted molar refractivity (Wildman–Crippen MR) is 153 cm³/mol. The van der Waals surface area contributed by atoms with Crippen molar-refractivity contribution in [3.63, 3.8) is 0 Å². The maximum absolute atomic E-state index is 5.06. The predicted octanol–water partition coefficient (Wildman–Crippen LogP) is 8.12. The quantitative estimate of drug-likeness (QED) is 0.181. The van der Waals surface area contributed by atoms with Crippen LogP contribution in [0.15, 0.2) is 138 Å². The zero-order valence-electron chi connectivity index (χ0n) is 20.2. The Hall–Kier alpha value is -4.03. The van der Waals surface area contributed by atoms with Gasteiger partial charge in [-0.25, -0.2) is 9.97 Å². The molecule has 0 aliphatic carbocycles. The van der Waals surface area contributed by atoms with E-state index in [1.807, 2.05) is 60.9 Å². The van der Waals surface area contributed by atoms with Crippen molar-refractivity contribution in [1.82, 2.24) is 15.0 Å². The zero-order valence-corrected chi connectivity index (χ0v) is 23.4. The van der Waals surface area contributed by atoms with Crippen LogP contribution in [-0.4, -0.2) is 15.0 Å². The molecule has 0 N–H and O–H groups in total. The number of aromatic nitrogens is 3. The Labute approximate surface area is 239 Å². The summed E-state index contributed by atoms with van der Waals surface area (Å²) >= 11 is 1.62. The van der Waals surface area contributed by atoms with E-state index >= 15 is 0 Å². The molecule has 0 saturated heterocycles. The normalized spacial score (nSPS) is 13.6. The molecule has 7 heteroatoms. The van der Waals surface area contributed by atoms with Crippen LogP contribution in [0.2, 0.25) is 0 Å². The van der Waals surface area contributed by atoms with E-state index in [9.17, 15) is 0 Å². The molecule has 6 rings (SSSR count). The van der Waals surface area contributed by atoms with Crippen molar-refractivity contribution in [2.24, 2.45) is 0 Å². The van der Waals surface area contributed by atoms with Crippen molar-refractivity contribution >= 4 is 34.9 Å². The fourth-order valence-electron chi connectivity index (χ4n) is 4.08. The first-order chi connectivity index (χ1) is 18.3. The molecule has 0 amide bonds. The van der Waals surface area contributed by atoms with E-state index in [0.717, 1.165) is 43.8 Å². The first-order valence-corrected chi connectivity index (χ1v) is 12.7. The number of thioether (sulfide) groups is 1. The van der Waals surface area contributed by atoms with Gasteiger partial charge >= 0.3 is 0 Å². The summed E-state index contributed by atoms with van der Waals surface area (Å²) in [5.41, 5.74) is 6.09. The molecule has 3 heterocycles. The van der Waals surface area contributed by atoms with Gasteiger partial charge in [-0.05, 0) is 53.6 Å². The van der Waals surface area contributed by atoms with Crippen molar-refractivity contribution in [3.8, 4) is 11.1 Å². The van der Waals surface area contributed by atoms with Crippen LogP contribution in [0.4, 0.5) is 11.4 Å². The van der Waals surface area contributed by atoms with Gasteiger partial charge in [-0.1, -0.05) is 89.2 Å². The number of pyridine rings is 1. The van der Waals surface area contributed by atoms with E-state index in [-0.39, 0.29) is 20.1 Å². The molecule has 1 aliphatic rings. The number of nitrogens with zero attached hydrogens (tertiary/aromatic N) is 5. The summed E-state index contributed by atoms with van der Waals surface area (Å²) in [6.45, 7) is 0. The third-order valence-corrected chi connectivity index (χ3v) is 6.83. The van der Waals surface area contributed by atoms with Crippen LogP contribution < -0.4 is 4.90 Å². The summed E-state index contributed by atoms with van der Waals surface area (Å²) in [6, 6.07) is 34.9. The van der Waals surface area contributed by atoms with Crippen molar-refractivity contribution in [2.45, 2.75) is 0 Å². The third kappa shape index (κ3) is 5.60. The number of anilines is 2. The Morgan fingerprint density at radius 3 is 1.76 bits per heavy atom. The second-order valence-electron chi connectivity index (χ2n) is 8.29. The van der Waals surface area contributed by atoms with Gasteiger partial charge < -0.3 is 10.2 Å². The van der Waals surface area contributed by atoms with E-state index in [1.165, 1.54) is 0 Å². The van der Waals surface area contributed by atoms with Gasteiger partial charge in [0.05, 0.1) is 5.03 Å². The molecule has 0 unspecified atom stereocenters. The molecule has 1 radical (unpaired) electrons. The largest absolute Gasteiger partial charge is 0.649 e. The first kappa shape index (κ1) is 25.6. The fraction of sp³-hybridized carbons (Fsp3) is 0. The van der Waals surface area contributed by atoms with Crippen molar-refractivity contribution < 1.29 is 20.1 Å². The SMILES string of the molecule is C(=C1[N-]C(c2ccccc2)=C(N(c2ccccc2)c2ccccc2)S1)c1ncc(-c2ccncc2)cn1.[Ir]. The zero-order chi connectivity index (χ0) is 24.9. The number of hydrogen-bond donors (Lipinski definition) is 0. The Balaban J connectivity index is 0.00000294. The number of benzene rings is 3. The summed E-state index contributed by atoms with van der Waals surface area (Å²) in [6.07, 6.45) is 9.14. The Morgan fingerprint density at radius 2 is 1.18 bits per heavy atom. The van der Waals surface area contributed by atoms with E-state index in [1.54, 1.807) is 24.2 Å². The molecule has 187 valence electrons. The Morgan fingerprint density at radius 1 is 0.632 bits per heavy atom. The second-order valence-corrected chi connectivity index (χ2v) is 9.30. The summed E-state index contributed by atoms with van der Waals surface area (Å²) in [5, 5.41) is 6.93. The van der Waals surface area contributed by atoms with Crippen LogP contribution in [-0.2, 0) is 20.1 Å². The monoisotopic (exact) mass is 689 g/mol. The second kappa shape index (κ2) is 12.0. The van der Waals surface area contributed by atoms with Crippen LogP contribution in [0.25, 0.3) is 28.2 Å².